The Morgan fingerprint density at radius 1 is 1.15 bits per heavy atom. The molecule has 27 heavy (non-hydrogen) atoms. The first-order chi connectivity index (χ1) is 13.0. The molecule has 0 saturated carbocycles. The third kappa shape index (κ3) is 3.45. The minimum Gasteiger partial charge on any atom is -0.385 e. The first kappa shape index (κ1) is 18.0. The highest BCUT2D eigenvalue weighted by Gasteiger charge is 2.38. The highest BCUT2D eigenvalue weighted by Crippen LogP contribution is 2.37. The molecule has 2 aliphatic heterocycles. The van der Waals surface area contributed by atoms with Crippen molar-refractivity contribution in [2.75, 3.05) is 18.4 Å². The molecule has 6 heteroatoms. The number of likely N-dealkylation sites (tertiary alicyclic amines) is 1. The quantitative estimate of drug-likeness (QED) is 0.853. The smallest absolute Gasteiger partial charge is 0.232 e. The van der Waals surface area contributed by atoms with Crippen molar-refractivity contribution in [3.63, 3.8) is 0 Å². The number of benzene rings is 2. The number of halogens is 1. The van der Waals surface area contributed by atoms with Gasteiger partial charge in [0.1, 0.15) is 0 Å². The molecule has 0 unspecified atom stereocenters. The average molecular weight is 385 g/mol. The van der Waals surface area contributed by atoms with Gasteiger partial charge in [-0.25, -0.2) is 0 Å². The summed E-state index contributed by atoms with van der Waals surface area (Å²) in [5.74, 6) is -0.616. The topological polar surface area (TPSA) is 69.6 Å². The molecule has 1 saturated heterocycles. The van der Waals surface area contributed by atoms with Gasteiger partial charge in [0.15, 0.2) is 0 Å². The molecule has 0 aromatic heterocycles. The number of carbonyl (C=O) groups excluding carboxylic acids is 2. The van der Waals surface area contributed by atoms with E-state index in [2.05, 4.69) is 5.32 Å². The second kappa shape index (κ2) is 6.98. The van der Waals surface area contributed by atoms with Crippen LogP contribution in [0.1, 0.15) is 36.3 Å². The summed E-state index contributed by atoms with van der Waals surface area (Å²) in [6.45, 7) is 0.932. The maximum absolute atomic E-state index is 12.7. The Bertz CT molecular complexity index is 873. The maximum Gasteiger partial charge on any atom is 0.232 e. The zero-order chi connectivity index (χ0) is 19.0. The Labute approximate surface area is 162 Å². The fraction of sp³-hybridized carbons (Fsp3) is 0.333. The molecule has 2 heterocycles. The lowest BCUT2D eigenvalue weighted by molar-refractivity contribution is -0.137. The van der Waals surface area contributed by atoms with Crippen molar-refractivity contribution in [1.82, 2.24) is 4.90 Å². The van der Waals surface area contributed by atoms with Crippen LogP contribution in [0.15, 0.2) is 48.5 Å². The van der Waals surface area contributed by atoms with Gasteiger partial charge in [0.2, 0.25) is 11.8 Å². The predicted molar refractivity (Wildman–Crippen MR) is 104 cm³/mol. The van der Waals surface area contributed by atoms with Gasteiger partial charge in [-0.3, -0.25) is 9.59 Å². The van der Waals surface area contributed by atoms with Gasteiger partial charge in [-0.1, -0.05) is 41.9 Å². The van der Waals surface area contributed by atoms with Crippen molar-refractivity contribution < 1.29 is 14.7 Å². The molecule has 0 bridgehead atoms. The Balaban J connectivity index is 1.41. The number of carbonyl (C=O) groups is 2. The number of hydrogen-bond acceptors (Lipinski definition) is 3. The number of amides is 2. The lowest BCUT2D eigenvalue weighted by atomic mass is 9.84. The molecule has 2 amide bonds. The second-order valence-electron chi connectivity index (χ2n) is 7.25. The number of piperidine rings is 1. The number of nitrogens with one attached hydrogen (secondary N) is 1. The highest BCUT2D eigenvalue weighted by molar-refractivity contribution is 6.30. The Morgan fingerprint density at radius 3 is 2.52 bits per heavy atom. The van der Waals surface area contributed by atoms with E-state index >= 15 is 0 Å². The molecule has 4 rings (SSSR count). The van der Waals surface area contributed by atoms with Gasteiger partial charge in [0.25, 0.3) is 0 Å². The van der Waals surface area contributed by atoms with Crippen LogP contribution in [-0.2, 0) is 15.2 Å². The van der Waals surface area contributed by atoms with E-state index in [-0.39, 0.29) is 18.2 Å². The zero-order valence-corrected chi connectivity index (χ0v) is 15.6. The van der Waals surface area contributed by atoms with Crippen molar-refractivity contribution >= 4 is 29.1 Å². The first-order valence-corrected chi connectivity index (χ1v) is 9.50. The van der Waals surface area contributed by atoms with E-state index in [4.69, 9.17) is 11.6 Å². The maximum atomic E-state index is 12.7. The lowest BCUT2D eigenvalue weighted by Crippen LogP contribution is -2.45. The molecule has 0 spiro atoms. The van der Waals surface area contributed by atoms with Crippen molar-refractivity contribution in [2.45, 2.75) is 30.8 Å². The van der Waals surface area contributed by atoms with Crippen LogP contribution >= 0.6 is 11.6 Å². The minimum atomic E-state index is -0.946. The number of para-hydroxylation sites is 1. The van der Waals surface area contributed by atoms with Gasteiger partial charge < -0.3 is 15.3 Å². The molecule has 140 valence electrons. The van der Waals surface area contributed by atoms with Crippen molar-refractivity contribution in [2.24, 2.45) is 0 Å². The third-order valence-electron chi connectivity index (χ3n) is 5.61. The van der Waals surface area contributed by atoms with Gasteiger partial charge in [-0.05, 0) is 42.2 Å². The van der Waals surface area contributed by atoms with Gasteiger partial charge in [-0.15, -0.1) is 0 Å². The van der Waals surface area contributed by atoms with E-state index < -0.39 is 11.5 Å². The molecule has 0 radical (unpaired) electrons. The fourth-order valence-corrected chi connectivity index (χ4v) is 4.08. The van der Waals surface area contributed by atoms with Crippen LogP contribution in [0.5, 0.6) is 0 Å². The van der Waals surface area contributed by atoms with Crippen molar-refractivity contribution in [3.8, 4) is 0 Å². The molecular formula is C21H21ClN2O3. The van der Waals surface area contributed by atoms with Gasteiger partial charge >= 0.3 is 0 Å². The standard InChI is InChI=1S/C21H21ClN2O3/c22-15-7-5-14(6-8-15)21(27)9-11-24(12-10-21)19(25)13-17-16-3-1-2-4-18(16)23-20(17)26/h1-8,17,27H,9-13H2,(H,23,26)/t17-/m0/s1. The Morgan fingerprint density at radius 2 is 1.81 bits per heavy atom. The fourth-order valence-electron chi connectivity index (χ4n) is 3.96. The normalized spacial score (nSPS) is 20.9. The molecule has 0 aliphatic carbocycles. The molecule has 2 aromatic carbocycles. The van der Waals surface area contributed by atoms with Crippen LogP contribution in [0.3, 0.4) is 0 Å². The summed E-state index contributed by atoms with van der Waals surface area (Å²) in [5, 5.41) is 14.4. The Kier molecular flexibility index (Phi) is 4.66. The van der Waals surface area contributed by atoms with Crippen LogP contribution < -0.4 is 5.32 Å². The number of hydrogen-bond donors (Lipinski definition) is 2. The minimum absolute atomic E-state index is 0.0509. The summed E-state index contributed by atoms with van der Waals surface area (Å²) in [6, 6.07) is 14.7. The molecule has 2 aliphatic rings. The van der Waals surface area contributed by atoms with Crippen molar-refractivity contribution in [1.29, 1.82) is 0 Å². The molecular weight excluding hydrogens is 364 g/mol. The second-order valence-corrected chi connectivity index (χ2v) is 7.69. The summed E-state index contributed by atoms with van der Waals surface area (Å²) in [7, 11) is 0. The first-order valence-electron chi connectivity index (χ1n) is 9.12. The largest absolute Gasteiger partial charge is 0.385 e. The lowest BCUT2D eigenvalue weighted by Gasteiger charge is -2.38. The molecule has 2 aromatic rings. The van der Waals surface area contributed by atoms with Crippen LogP contribution in [0.25, 0.3) is 0 Å². The summed E-state index contributed by atoms with van der Waals surface area (Å²) in [6.07, 6.45) is 1.09. The van der Waals surface area contributed by atoms with E-state index in [1.807, 2.05) is 36.4 Å². The third-order valence-corrected chi connectivity index (χ3v) is 5.87. The van der Waals surface area contributed by atoms with Crippen LogP contribution in [0, 0.1) is 0 Å². The van der Waals surface area contributed by atoms with E-state index in [9.17, 15) is 14.7 Å². The van der Waals surface area contributed by atoms with Crippen molar-refractivity contribution in [3.05, 3.63) is 64.7 Å². The van der Waals surface area contributed by atoms with E-state index in [1.165, 1.54) is 0 Å². The zero-order valence-electron chi connectivity index (χ0n) is 14.8. The molecule has 1 fully saturated rings. The predicted octanol–water partition coefficient (Wildman–Crippen LogP) is 3.28. The van der Waals surface area contributed by atoms with Crippen LogP contribution in [0.4, 0.5) is 5.69 Å². The highest BCUT2D eigenvalue weighted by atomic mass is 35.5. The monoisotopic (exact) mass is 384 g/mol. The van der Waals surface area contributed by atoms with E-state index in [1.54, 1.807) is 17.0 Å². The number of rotatable bonds is 3. The van der Waals surface area contributed by atoms with E-state index in [0.29, 0.717) is 31.0 Å². The molecule has 5 nitrogen and oxygen atoms in total. The summed E-state index contributed by atoms with van der Waals surface area (Å²) in [5.41, 5.74) is 1.54. The van der Waals surface area contributed by atoms with Crippen LogP contribution in [-0.4, -0.2) is 34.9 Å². The average Bonchev–Trinajstić information content (AvgIpc) is 2.98. The summed E-state index contributed by atoms with van der Waals surface area (Å²) >= 11 is 5.92. The van der Waals surface area contributed by atoms with Gasteiger partial charge in [0.05, 0.1) is 11.5 Å². The molecule has 1 atom stereocenters. The van der Waals surface area contributed by atoms with Crippen LogP contribution in [0.2, 0.25) is 5.02 Å². The number of anilines is 1. The summed E-state index contributed by atoms with van der Waals surface area (Å²) in [4.78, 5) is 26.7. The molecule has 2 N–H and O–H groups in total. The number of fused-ring (bicyclic) bond motifs is 1. The number of nitrogens with zero attached hydrogens (tertiary/aromatic N) is 1. The summed E-state index contributed by atoms with van der Waals surface area (Å²) < 4.78 is 0. The number of aliphatic hydroxyl groups is 1. The van der Waals surface area contributed by atoms with Gasteiger partial charge in [0, 0.05) is 30.2 Å². The SMILES string of the molecule is O=C1Nc2ccccc2[C@@H]1CC(=O)N1CCC(O)(c2ccc(Cl)cc2)CC1. The van der Waals surface area contributed by atoms with E-state index in [0.717, 1.165) is 16.8 Å². The Hall–Kier alpha value is -2.37. The van der Waals surface area contributed by atoms with Gasteiger partial charge in [-0.2, -0.15) is 0 Å².